The van der Waals surface area contributed by atoms with Gasteiger partial charge in [0, 0.05) is 13.1 Å². The lowest BCUT2D eigenvalue weighted by Gasteiger charge is -2.23. The van der Waals surface area contributed by atoms with Gasteiger partial charge >= 0.3 is 5.97 Å². The topological polar surface area (TPSA) is 74.7 Å². The van der Waals surface area contributed by atoms with Gasteiger partial charge in [-0.3, -0.25) is 0 Å². The summed E-state index contributed by atoms with van der Waals surface area (Å²) in [7, 11) is -2.15. The summed E-state index contributed by atoms with van der Waals surface area (Å²) >= 11 is 0. The molecule has 0 saturated carbocycles. The van der Waals surface area contributed by atoms with Gasteiger partial charge in [0.2, 0.25) is 10.0 Å². The molecule has 20 heavy (non-hydrogen) atoms. The van der Waals surface area contributed by atoms with Gasteiger partial charge in [0.25, 0.3) is 0 Å². The molecule has 0 aliphatic heterocycles. The molecule has 6 heteroatoms. The van der Waals surface area contributed by atoms with Crippen molar-refractivity contribution >= 4 is 16.0 Å². The summed E-state index contributed by atoms with van der Waals surface area (Å²) in [5.74, 6) is -1.11. The number of carboxylic acids is 1. The minimum atomic E-state index is -3.66. The largest absolute Gasteiger partial charge is 0.478 e. The van der Waals surface area contributed by atoms with E-state index in [0.717, 1.165) is 0 Å². The van der Waals surface area contributed by atoms with Crippen LogP contribution in [0.1, 0.15) is 43.1 Å². The van der Waals surface area contributed by atoms with Crippen molar-refractivity contribution in [2.75, 3.05) is 7.05 Å². The second-order valence-corrected chi connectivity index (χ2v) is 6.75. The van der Waals surface area contributed by atoms with E-state index in [1.54, 1.807) is 6.07 Å². The predicted octanol–water partition coefficient (Wildman–Crippen LogP) is 2.37. The third-order valence-electron chi connectivity index (χ3n) is 3.58. The number of rotatable bonds is 6. The van der Waals surface area contributed by atoms with Gasteiger partial charge in [0.1, 0.15) is 0 Å². The number of hydrogen-bond donors (Lipinski definition) is 1. The van der Waals surface area contributed by atoms with Crippen LogP contribution in [0, 0.1) is 0 Å². The molecular formula is C14H21NO4S. The standard InChI is InChI=1S/C14H21NO4S/c1-5-10(3)15(4)20(18,19)12-8-7-11(6-2)13(9-12)14(16)17/h7-10H,5-6H2,1-4H3,(H,16,17). The third-order valence-corrected chi connectivity index (χ3v) is 5.55. The lowest BCUT2D eigenvalue weighted by molar-refractivity contribution is 0.0695. The highest BCUT2D eigenvalue weighted by molar-refractivity contribution is 7.89. The predicted molar refractivity (Wildman–Crippen MR) is 77.5 cm³/mol. The molecule has 1 unspecified atom stereocenters. The fourth-order valence-electron chi connectivity index (χ4n) is 1.88. The Kier molecular flexibility index (Phi) is 5.30. The molecule has 1 N–H and O–H groups in total. The maximum Gasteiger partial charge on any atom is 0.336 e. The summed E-state index contributed by atoms with van der Waals surface area (Å²) in [6, 6.07) is 4.15. The molecule has 1 aromatic rings. The number of nitrogens with zero attached hydrogens (tertiary/aromatic N) is 1. The Hall–Kier alpha value is -1.40. The van der Waals surface area contributed by atoms with Crippen molar-refractivity contribution in [3.63, 3.8) is 0 Å². The van der Waals surface area contributed by atoms with E-state index in [9.17, 15) is 18.3 Å². The summed E-state index contributed by atoms with van der Waals surface area (Å²) in [5.41, 5.74) is 0.675. The van der Waals surface area contributed by atoms with E-state index >= 15 is 0 Å². The van der Waals surface area contributed by atoms with E-state index in [1.807, 2.05) is 20.8 Å². The van der Waals surface area contributed by atoms with Crippen LogP contribution < -0.4 is 0 Å². The van der Waals surface area contributed by atoms with Gasteiger partial charge in [-0.2, -0.15) is 4.31 Å². The Morgan fingerprint density at radius 1 is 1.35 bits per heavy atom. The summed E-state index contributed by atoms with van der Waals surface area (Å²) < 4.78 is 26.2. The zero-order valence-electron chi connectivity index (χ0n) is 12.3. The molecule has 0 aliphatic carbocycles. The fraction of sp³-hybridized carbons (Fsp3) is 0.500. The van der Waals surface area contributed by atoms with Gasteiger partial charge in [-0.25, -0.2) is 13.2 Å². The van der Waals surface area contributed by atoms with Crippen molar-refractivity contribution in [3.8, 4) is 0 Å². The molecule has 0 heterocycles. The molecule has 1 atom stereocenters. The average molecular weight is 299 g/mol. The molecule has 0 fully saturated rings. The third kappa shape index (κ3) is 3.19. The van der Waals surface area contributed by atoms with Crippen LogP contribution in [0.2, 0.25) is 0 Å². The quantitative estimate of drug-likeness (QED) is 0.875. The van der Waals surface area contributed by atoms with Gasteiger partial charge in [-0.1, -0.05) is 19.9 Å². The number of hydrogen-bond acceptors (Lipinski definition) is 3. The smallest absolute Gasteiger partial charge is 0.336 e. The van der Waals surface area contributed by atoms with Crippen molar-refractivity contribution in [2.24, 2.45) is 0 Å². The van der Waals surface area contributed by atoms with Gasteiger partial charge in [0.15, 0.2) is 0 Å². The first-order valence-electron chi connectivity index (χ1n) is 6.59. The monoisotopic (exact) mass is 299 g/mol. The molecule has 0 saturated heterocycles. The number of benzene rings is 1. The molecule has 0 bridgehead atoms. The molecule has 0 aliphatic rings. The van der Waals surface area contributed by atoms with Crippen LogP contribution in [0.15, 0.2) is 23.1 Å². The Morgan fingerprint density at radius 2 is 1.95 bits per heavy atom. The molecular weight excluding hydrogens is 278 g/mol. The highest BCUT2D eigenvalue weighted by atomic mass is 32.2. The van der Waals surface area contributed by atoms with Crippen molar-refractivity contribution in [3.05, 3.63) is 29.3 Å². The van der Waals surface area contributed by atoms with E-state index in [2.05, 4.69) is 0 Å². The summed E-state index contributed by atoms with van der Waals surface area (Å²) in [6.07, 6.45) is 1.23. The maximum absolute atomic E-state index is 12.4. The SMILES string of the molecule is CCc1ccc(S(=O)(=O)N(C)C(C)CC)cc1C(=O)O. The number of sulfonamides is 1. The highest BCUT2D eigenvalue weighted by Crippen LogP contribution is 2.21. The van der Waals surface area contributed by atoms with Crippen molar-refractivity contribution in [2.45, 2.75) is 44.6 Å². The normalized spacial score (nSPS) is 13.4. The first-order chi connectivity index (χ1) is 9.25. The van der Waals surface area contributed by atoms with Gasteiger partial charge in [-0.15, -0.1) is 0 Å². The van der Waals surface area contributed by atoms with E-state index in [1.165, 1.54) is 23.5 Å². The molecule has 1 aromatic carbocycles. The van der Waals surface area contributed by atoms with E-state index in [-0.39, 0.29) is 16.5 Å². The van der Waals surface area contributed by atoms with Crippen LogP contribution in [-0.4, -0.2) is 36.9 Å². The average Bonchev–Trinajstić information content (AvgIpc) is 2.44. The molecule has 0 amide bonds. The number of aromatic carboxylic acids is 1. The lowest BCUT2D eigenvalue weighted by atomic mass is 10.1. The van der Waals surface area contributed by atoms with Crippen LogP contribution in [-0.2, 0) is 16.4 Å². The van der Waals surface area contributed by atoms with E-state index in [4.69, 9.17) is 0 Å². The Balaban J connectivity index is 3.33. The lowest BCUT2D eigenvalue weighted by Crippen LogP contribution is -2.34. The number of carbonyl (C=O) groups is 1. The Labute approximate surface area is 120 Å². The zero-order valence-corrected chi connectivity index (χ0v) is 13.1. The van der Waals surface area contributed by atoms with E-state index in [0.29, 0.717) is 18.4 Å². The molecule has 112 valence electrons. The highest BCUT2D eigenvalue weighted by Gasteiger charge is 2.25. The van der Waals surface area contributed by atoms with Crippen molar-refractivity contribution in [1.29, 1.82) is 0 Å². The minimum Gasteiger partial charge on any atom is -0.478 e. The zero-order chi connectivity index (χ0) is 15.5. The fourth-order valence-corrected chi connectivity index (χ4v) is 3.35. The van der Waals surface area contributed by atoms with Gasteiger partial charge in [-0.05, 0) is 37.5 Å². The van der Waals surface area contributed by atoms with Crippen LogP contribution in [0.3, 0.4) is 0 Å². The maximum atomic E-state index is 12.4. The molecule has 0 spiro atoms. The summed E-state index contributed by atoms with van der Waals surface area (Å²) in [4.78, 5) is 11.2. The number of aryl methyl sites for hydroxylation is 1. The van der Waals surface area contributed by atoms with Crippen LogP contribution in [0.25, 0.3) is 0 Å². The van der Waals surface area contributed by atoms with Gasteiger partial charge < -0.3 is 5.11 Å². The second kappa shape index (κ2) is 6.37. The van der Waals surface area contributed by atoms with Crippen LogP contribution in [0.5, 0.6) is 0 Å². The molecule has 1 rings (SSSR count). The summed E-state index contributed by atoms with van der Waals surface area (Å²) in [5, 5.41) is 9.17. The minimum absolute atomic E-state index is 0.0231. The first kappa shape index (κ1) is 16.7. The van der Waals surface area contributed by atoms with Crippen LogP contribution >= 0.6 is 0 Å². The van der Waals surface area contributed by atoms with Gasteiger partial charge in [0.05, 0.1) is 10.5 Å². The Bertz CT molecular complexity index is 595. The second-order valence-electron chi connectivity index (χ2n) is 4.76. The van der Waals surface area contributed by atoms with Crippen molar-refractivity contribution < 1.29 is 18.3 Å². The Morgan fingerprint density at radius 3 is 2.40 bits per heavy atom. The molecule has 5 nitrogen and oxygen atoms in total. The number of carboxylic acid groups (broad SMARTS) is 1. The summed E-state index contributed by atoms with van der Waals surface area (Å²) in [6.45, 7) is 5.55. The van der Waals surface area contributed by atoms with Crippen molar-refractivity contribution in [1.82, 2.24) is 4.31 Å². The molecule has 0 aromatic heterocycles. The first-order valence-corrected chi connectivity index (χ1v) is 8.03. The van der Waals surface area contributed by atoms with Crippen LogP contribution in [0.4, 0.5) is 0 Å². The molecule has 0 radical (unpaired) electrons. The van der Waals surface area contributed by atoms with E-state index < -0.39 is 16.0 Å².